The first-order valence-electron chi connectivity index (χ1n) is 10.2. The van der Waals surface area contributed by atoms with E-state index in [1.165, 1.54) is 0 Å². The number of carbonyl (C=O) groups excluding carboxylic acids is 5. The molecule has 2 amide bonds. The fourth-order valence-corrected chi connectivity index (χ4v) is 2.84. The average Bonchev–Trinajstić information content (AvgIpc) is 3.13. The second kappa shape index (κ2) is 12.7. The van der Waals surface area contributed by atoms with Crippen LogP contribution in [0.25, 0.3) is 0 Å². The van der Waals surface area contributed by atoms with Crippen LogP contribution in [0.1, 0.15) is 46.0 Å². The number of carboxylic acids is 1. The lowest BCUT2D eigenvalue weighted by Gasteiger charge is -2.22. The van der Waals surface area contributed by atoms with Crippen molar-refractivity contribution in [1.82, 2.24) is 10.6 Å². The Morgan fingerprint density at radius 2 is 1.88 bits per heavy atom. The molecule has 1 fully saturated rings. The first kappa shape index (κ1) is 27.0. The van der Waals surface area contributed by atoms with Crippen LogP contribution in [0, 0.1) is 5.92 Å². The van der Waals surface area contributed by atoms with Gasteiger partial charge < -0.3 is 36.7 Å². The molecule has 1 aliphatic heterocycles. The lowest BCUT2D eigenvalue weighted by Crippen LogP contribution is -2.48. The fraction of sp³-hybridized carbons (Fsp3) is 0.684. The third-order valence-electron chi connectivity index (χ3n) is 4.56. The van der Waals surface area contributed by atoms with Gasteiger partial charge in [0.2, 0.25) is 17.9 Å². The number of esters is 3. The summed E-state index contributed by atoms with van der Waals surface area (Å²) in [5.41, 5.74) is 10.6. The number of amides is 2. The van der Waals surface area contributed by atoms with Crippen molar-refractivity contribution in [3.63, 3.8) is 0 Å². The fourth-order valence-electron chi connectivity index (χ4n) is 2.84. The van der Waals surface area contributed by atoms with Crippen LogP contribution in [-0.4, -0.2) is 71.6 Å². The summed E-state index contributed by atoms with van der Waals surface area (Å²) in [6, 6.07) is -3.25. The number of ether oxygens (including phenoxy) is 2. The predicted octanol–water partition coefficient (Wildman–Crippen LogP) is -2.07. The number of hydrogen-bond acceptors (Lipinski definition) is 10. The van der Waals surface area contributed by atoms with Crippen molar-refractivity contribution >= 4 is 35.7 Å². The predicted molar refractivity (Wildman–Crippen MR) is 107 cm³/mol. The molecule has 7 N–H and O–H groups in total. The molecule has 0 aromatic carbocycles. The average molecular weight is 458 g/mol. The van der Waals surface area contributed by atoms with Crippen molar-refractivity contribution < 1.29 is 43.3 Å². The Morgan fingerprint density at radius 3 is 2.38 bits per heavy atom. The highest BCUT2D eigenvalue weighted by Crippen LogP contribution is 2.11. The van der Waals surface area contributed by atoms with E-state index >= 15 is 0 Å². The normalized spacial score (nSPS) is 18.4. The maximum atomic E-state index is 12.4. The van der Waals surface area contributed by atoms with Gasteiger partial charge in [0.15, 0.2) is 0 Å². The minimum absolute atomic E-state index is 0.0433. The van der Waals surface area contributed by atoms with Gasteiger partial charge in [-0.2, -0.15) is 0 Å². The van der Waals surface area contributed by atoms with Gasteiger partial charge in [-0.05, 0) is 25.2 Å². The molecule has 0 spiro atoms. The molecule has 1 rings (SSSR count). The summed E-state index contributed by atoms with van der Waals surface area (Å²) in [5, 5.41) is 14.4. The first-order valence-corrected chi connectivity index (χ1v) is 10.2. The van der Waals surface area contributed by atoms with Crippen LogP contribution in [0.2, 0.25) is 0 Å². The van der Waals surface area contributed by atoms with Crippen LogP contribution in [0.5, 0.6) is 0 Å². The van der Waals surface area contributed by atoms with Crippen LogP contribution >= 0.6 is 0 Å². The Hall–Kier alpha value is -3.06. The Balaban J connectivity index is 2.70. The molecule has 0 aromatic heterocycles. The van der Waals surface area contributed by atoms with E-state index in [4.69, 9.17) is 20.9 Å². The van der Waals surface area contributed by atoms with E-state index in [1.54, 1.807) is 13.8 Å². The Morgan fingerprint density at radius 1 is 1.22 bits per heavy atom. The topological polar surface area (TPSA) is 217 Å². The van der Waals surface area contributed by atoms with Crippen molar-refractivity contribution in [3.05, 3.63) is 0 Å². The van der Waals surface area contributed by atoms with E-state index in [9.17, 15) is 33.9 Å². The Bertz CT molecular complexity index is 740. The quantitative estimate of drug-likeness (QED) is 0.149. The van der Waals surface area contributed by atoms with Gasteiger partial charge in [-0.25, -0.2) is 19.2 Å². The second-order valence-electron chi connectivity index (χ2n) is 7.86. The maximum Gasteiger partial charge on any atom is 0.346 e. The van der Waals surface area contributed by atoms with Crippen molar-refractivity contribution in [3.8, 4) is 0 Å². The smallest absolute Gasteiger partial charge is 0.346 e. The van der Waals surface area contributed by atoms with E-state index in [0.717, 1.165) is 0 Å². The number of hydrogen-bond donors (Lipinski definition) is 5. The Labute approximate surface area is 184 Å². The highest BCUT2D eigenvalue weighted by atomic mass is 16.6. The van der Waals surface area contributed by atoms with E-state index in [0.29, 0.717) is 0 Å². The third kappa shape index (κ3) is 9.39. The summed E-state index contributed by atoms with van der Waals surface area (Å²) in [5.74, 6) is -5.44. The van der Waals surface area contributed by atoms with Gasteiger partial charge in [0, 0.05) is 19.4 Å². The van der Waals surface area contributed by atoms with E-state index in [1.807, 2.05) is 0 Å². The van der Waals surface area contributed by atoms with Gasteiger partial charge in [-0.3, -0.25) is 9.59 Å². The first-order chi connectivity index (χ1) is 14.9. The summed E-state index contributed by atoms with van der Waals surface area (Å²) in [6.45, 7) is 3.13. The van der Waals surface area contributed by atoms with Crippen molar-refractivity contribution in [1.29, 1.82) is 0 Å². The number of nitrogens with one attached hydrogen (secondary N) is 2. The van der Waals surface area contributed by atoms with E-state index in [-0.39, 0.29) is 43.9 Å². The summed E-state index contributed by atoms with van der Waals surface area (Å²) in [7, 11) is 0. The number of carboxylic acid groups (broad SMARTS) is 1. The van der Waals surface area contributed by atoms with Crippen molar-refractivity contribution in [2.24, 2.45) is 17.4 Å². The van der Waals surface area contributed by atoms with Crippen LogP contribution < -0.4 is 22.1 Å². The molecule has 0 aliphatic carbocycles. The molecule has 1 saturated heterocycles. The van der Waals surface area contributed by atoms with Crippen LogP contribution in [0.4, 0.5) is 0 Å². The number of aliphatic carboxylic acids is 1. The lowest BCUT2D eigenvalue weighted by atomic mass is 10.0. The van der Waals surface area contributed by atoms with Crippen molar-refractivity contribution in [2.75, 3.05) is 6.54 Å². The molecule has 180 valence electrons. The maximum absolute atomic E-state index is 12.4. The Kier molecular flexibility index (Phi) is 10.7. The summed E-state index contributed by atoms with van der Waals surface area (Å²) in [6.07, 6.45) is -1.40. The minimum atomic E-state index is -1.64. The molecule has 0 radical (unpaired) electrons. The number of rotatable bonds is 13. The van der Waals surface area contributed by atoms with Gasteiger partial charge >= 0.3 is 23.9 Å². The SMILES string of the molecule is CC(C)C[C@H](NC[C@H](OC(=O)[C@@H]1CCC(=O)N1)C(=O)O)C(=O)OC(=O)C(N)CCC(N)=O. The molecule has 32 heavy (non-hydrogen) atoms. The van der Waals surface area contributed by atoms with Crippen LogP contribution in [0.15, 0.2) is 0 Å². The molecular formula is C19H30N4O9. The minimum Gasteiger partial charge on any atom is -0.478 e. The molecule has 1 unspecified atom stereocenters. The zero-order valence-corrected chi connectivity index (χ0v) is 18.0. The number of nitrogens with two attached hydrogens (primary N) is 2. The standard InChI is InChI=1S/C19H30N4O9/c1-9(2)7-12(19(30)32-17(28)10(20)3-5-14(21)24)22-8-13(16(26)27)31-18(29)11-4-6-15(25)23-11/h9-13,22H,3-8,20H2,1-2H3,(H2,21,24)(H,23,25)(H,26,27)/t10?,11-,12-,13-/m0/s1. The molecule has 0 bridgehead atoms. The molecule has 1 aliphatic rings. The molecule has 0 aromatic rings. The molecule has 4 atom stereocenters. The molecule has 0 saturated carbocycles. The second-order valence-corrected chi connectivity index (χ2v) is 7.86. The third-order valence-corrected chi connectivity index (χ3v) is 4.56. The van der Waals surface area contributed by atoms with Crippen molar-refractivity contribution in [2.45, 2.75) is 70.2 Å². The zero-order valence-electron chi connectivity index (χ0n) is 18.0. The highest BCUT2D eigenvalue weighted by Gasteiger charge is 2.33. The number of primary amides is 1. The van der Waals surface area contributed by atoms with Gasteiger partial charge in [0.1, 0.15) is 18.1 Å². The number of carbonyl (C=O) groups is 6. The monoisotopic (exact) mass is 458 g/mol. The zero-order chi connectivity index (χ0) is 24.4. The highest BCUT2D eigenvalue weighted by molar-refractivity contribution is 5.91. The van der Waals surface area contributed by atoms with Gasteiger partial charge in [-0.1, -0.05) is 13.8 Å². The van der Waals surface area contributed by atoms with Gasteiger partial charge in [-0.15, -0.1) is 0 Å². The summed E-state index contributed by atoms with van der Waals surface area (Å²) in [4.78, 5) is 70.0. The van der Waals surface area contributed by atoms with Gasteiger partial charge in [0.05, 0.1) is 0 Å². The van der Waals surface area contributed by atoms with Gasteiger partial charge in [0.25, 0.3) is 0 Å². The molecular weight excluding hydrogens is 428 g/mol. The molecule has 13 heteroatoms. The molecule has 1 heterocycles. The van der Waals surface area contributed by atoms with E-state index in [2.05, 4.69) is 10.6 Å². The summed E-state index contributed by atoms with van der Waals surface area (Å²) < 4.78 is 9.71. The molecule has 13 nitrogen and oxygen atoms in total. The van der Waals surface area contributed by atoms with Crippen LogP contribution in [-0.2, 0) is 38.2 Å². The van der Waals surface area contributed by atoms with Crippen LogP contribution in [0.3, 0.4) is 0 Å². The lowest BCUT2D eigenvalue weighted by molar-refractivity contribution is -0.166. The van der Waals surface area contributed by atoms with E-state index < -0.39 is 60.6 Å². The largest absolute Gasteiger partial charge is 0.478 e. The summed E-state index contributed by atoms with van der Waals surface area (Å²) >= 11 is 0.